The van der Waals surface area contributed by atoms with Gasteiger partial charge in [-0.3, -0.25) is 0 Å². The molecule has 104 valence electrons. The van der Waals surface area contributed by atoms with Gasteiger partial charge in [-0.2, -0.15) is 0 Å². The number of hydrogen-bond donors (Lipinski definition) is 1. The summed E-state index contributed by atoms with van der Waals surface area (Å²) < 4.78 is 10.9. The molecule has 2 N–H and O–H groups in total. The van der Waals surface area contributed by atoms with Gasteiger partial charge in [0.1, 0.15) is 11.3 Å². The van der Waals surface area contributed by atoms with E-state index in [0.717, 1.165) is 0 Å². The van der Waals surface area contributed by atoms with E-state index in [1.807, 2.05) is 0 Å². The fourth-order valence-corrected chi connectivity index (χ4v) is 2.23. The summed E-state index contributed by atoms with van der Waals surface area (Å²) in [6.45, 7) is 0. The van der Waals surface area contributed by atoms with E-state index in [1.165, 1.54) is 19.4 Å². The van der Waals surface area contributed by atoms with Crippen LogP contribution in [-0.2, 0) is 4.74 Å². The first-order valence-electron chi connectivity index (χ1n) is 5.48. The Morgan fingerprint density at radius 3 is 2.80 bits per heavy atom. The van der Waals surface area contributed by atoms with Gasteiger partial charge < -0.3 is 15.2 Å². The summed E-state index contributed by atoms with van der Waals surface area (Å²) in [5, 5.41) is 0.558. The number of esters is 1. The monoisotopic (exact) mass is 356 g/mol. The minimum Gasteiger partial charge on any atom is -0.465 e. The fraction of sp³-hybridized carbons (Fsp3) is 0.0769. The molecule has 0 radical (unpaired) electrons. The van der Waals surface area contributed by atoms with Crippen molar-refractivity contribution in [1.82, 2.24) is 4.98 Å². The highest BCUT2D eigenvalue weighted by Gasteiger charge is 2.17. The quantitative estimate of drug-likeness (QED) is 0.849. The third-order valence-electron chi connectivity index (χ3n) is 2.38. The lowest BCUT2D eigenvalue weighted by Crippen LogP contribution is -2.06. The van der Waals surface area contributed by atoms with Crippen LogP contribution in [0.3, 0.4) is 0 Å². The van der Waals surface area contributed by atoms with E-state index in [2.05, 4.69) is 25.7 Å². The van der Waals surface area contributed by atoms with E-state index in [-0.39, 0.29) is 11.4 Å². The zero-order valence-corrected chi connectivity index (χ0v) is 12.7. The van der Waals surface area contributed by atoms with Crippen LogP contribution < -0.4 is 10.5 Å². The molecule has 2 rings (SSSR count). The first-order chi connectivity index (χ1) is 9.51. The van der Waals surface area contributed by atoms with Crippen molar-refractivity contribution >= 4 is 39.2 Å². The molecule has 0 saturated carbocycles. The lowest BCUT2D eigenvalue weighted by atomic mass is 10.2. The van der Waals surface area contributed by atoms with Gasteiger partial charge in [0.15, 0.2) is 0 Å². The standard InChI is InChI=1S/C13H10BrClN2O3/c1-19-13(18)9-5-8(16)6-17-12(9)20-11-3-2-7(15)4-10(11)14/h2-6H,16H2,1H3. The van der Waals surface area contributed by atoms with E-state index in [0.29, 0.717) is 20.9 Å². The number of rotatable bonds is 3. The highest BCUT2D eigenvalue weighted by molar-refractivity contribution is 9.10. The molecule has 0 aliphatic rings. The van der Waals surface area contributed by atoms with Crippen molar-refractivity contribution < 1.29 is 14.3 Å². The molecule has 0 aliphatic carbocycles. The van der Waals surface area contributed by atoms with Gasteiger partial charge in [0, 0.05) is 5.02 Å². The first-order valence-corrected chi connectivity index (χ1v) is 6.65. The molecule has 0 saturated heterocycles. The third kappa shape index (κ3) is 3.20. The Morgan fingerprint density at radius 2 is 2.15 bits per heavy atom. The zero-order valence-electron chi connectivity index (χ0n) is 10.4. The van der Waals surface area contributed by atoms with Crippen molar-refractivity contribution in [2.45, 2.75) is 0 Å². The Kier molecular flexibility index (Phi) is 4.46. The van der Waals surface area contributed by atoms with E-state index < -0.39 is 5.97 Å². The van der Waals surface area contributed by atoms with Gasteiger partial charge in [-0.05, 0) is 40.2 Å². The van der Waals surface area contributed by atoms with Crippen molar-refractivity contribution in [2.24, 2.45) is 0 Å². The molecule has 0 fully saturated rings. The molecule has 0 atom stereocenters. The van der Waals surface area contributed by atoms with E-state index >= 15 is 0 Å². The smallest absolute Gasteiger partial charge is 0.343 e. The van der Waals surface area contributed by atoms with E-state index in [1.54, 1.807) is 18.2 Å². The molecule has 0 amide bonds. The van der Waals surface area contributed by atoms with Crippen molar-refractivity contribution in [2.75, 3.05) is 12.8 Å². The average molecular weight is 358 g/mol. The number of hydrogen-bond acceptors (Lipinski definition) is 5. The minimum atomic E-state index is -0.579. The van der Waals surface area contributed by atoms with E-state index in [9.17, 15) is 4.79 Å². The Morgan fingerprint density at radius 1 is 1.40 bits per heavy atom. The summed E-state index contributed by atoms with van der Waals surface area (Å²) in [6.07, 6.45) is 1.39. The predicted molar refractivity (Wildman–Crippen MR) is 79.2 cm³/mol. The molecule has 0 unspecified atom stereocenters. The summed E-state index contributed by atoms with van der Waals surface area (Å²) in [5.74, 6) is -0.00390. The van der Waals surface area contributed by atoms with Crippen LogP contribution in [0.4, 0.5) is 5.69 Å². The van der Waals surface area contributed by atoms with Crippen molar-refractivity contribution in [3.8, 4) is 11.6 Å². The van der Waals surface area contributed by atoms with Crippen molar-refractivity contribution in [1.29, 1.82) is 0 Å². The first kappa shape index (κ1) is 14.6. The van der Waals surface area contributed by atoms with Crippen LogP contribution in [0.25, 0.3) is 0 Å². The maximum absolute atomic E-state index is 11.7. The predicted octanol–water partition coefficient (Wildman–Crippen LogP) is 3.66. The number of ether oxygens (including phenoxy) is 2. The molecule has 0 bridgehead atoms. The molecule has 7 heteroatoms. The Balaban J connectivity index is 2.40. The van der Waals surface area contributed by atoms with Crippen LogP contribution in [0.5, 0.6) is 11.6 Å². The lowest BCUT2D eigenvalue weighted by molar-refractivity contribution is 0.0597. The second kappa shape index (κ2) is 6.11. The third-order valence-corrected chi connectivity index (χ3v) is 3.23. The fourth-order valence-electron chi connectivity index (χ4n) is 1.47. The number of pyridine rings is 1. The number of methoxy groups -OCH3 is 1. The molecule has 0 spiro atoms. The normalized spacial score (nSPS) is 10.2. The zero-order chi connectivity index (χ0) is 14.7. The van der Waals surface area contributed by atoms with Crippen LogP contribution in [0, 0.1) is 0 Å². The highest BCUT2D eigenvalue weighted by Crippen LogP contribution is 2.32. The van der Waals surface area contributed by atoms with Crippen LogP contribution in [0.2, 0.25) is 5.02 Å². The van der Waals surface area contributed by atoms with Crippen LogP contribution in [-0.4, -0.2) is 18.1 Å². The summed E-state index contributed by atoms with van der Waals surface area (Å²) >= 11 is 9.17. The van der Waals surface area contributed by atoms with Gasteiger partial charge in [-0.1, -0.05) is 11.6 Å². The Hall–Kier alpha value is -1.79. The molecule has 2 aromatic rings. The molecule has 20 heavy (non-hydrogen) atoms. The number of carbonyl (C=O) groups is 1. The number of nitrogen functional groups attached to an aromatic ring is 1. The summed E-state index contributed by atoms with van der Waals surface area (Å²) in [7, 11) is 1.27. The van der Waals surface area contributed by atoms with Crippen LogP contribution >= 0.6 is 27.5 Å². The number of nitrogens with two attached hydrogens (primary N) is 1. The van der Waals surface area contributed by atoms with E-state index in [4.69, 9.17) is 22.1 Å². The van der Waals surface area contributed by atoms with Gasteiger partial charge in [0.2, 0.25) is 5.88 Å². The maximum atomic E-state index is 11.7. The highest BCUT2D eigenvalue weighted by atomic mass is 79.9. The van der Waals surface area contributed by atoms with Crippen molar-refractivity contribution in [3.63, 3.8) is 0 Å². The number of benzene rings is 1. The van der Waals surface area contributed by atoms with Crippen molar-refractivity contribution in [3.05, 3.63) is 45.5 Å². The second-order valence-corrected chi connectivity index (χ2v) is 5.08. The summed E-state index contributed by atoms with van der Waals surface area (Å²) in [6, 6.07) is 6.44. The van der Waals surface area contributed by atoms with Crippen LogP contribution in [0.15, 0.2) is 34.9 Å². The topological polar surface area (TPSA) is 74.4 Å². The maximum Gasteiger partial charge on any atom is 0.343 e. The average Bonchev–Trinajstić information content (AvgIpc) is 2.42. The van der Waals surface area contributed by atoms with Gasteiger partial charge in [0.25, 0.3) is 0 Å². The second-order valence-electron chi connectivity index (χ2n) is 3.79. The molecule has 1 heterocycles. The summed E-state index contributed by atoms with van der Waals surface area (Å²) in [4.78, 5) is 15.7. The number of anilines is 1. The van der Waals surface area contributed by atoms with Gasteiger partial charge >= 0.3 is 5.97 Å². The van der Waals surface area contributed by atoms with Crippen LogP contribution in [0.1, 0.15) is 10.4 Å². The number of carbonyl (C=O) groups excluding carboxylic acids is 1. The van der Waals surface area contributed by atoms with Gasteiger partial charge in [-0.25, -0.2) is 9.78 Å². The molecule has 5 nitrogen and oxygen atoms in total. The Bertz CT molecular complexity index is 664. The Labute approximate surface area is 128 Å². The number of aromatic nitrogens is 1. The van der Waals surface area contributed by atoms with Gasteiger partial charge in [-0.15, -0.1) is 0 Å². The number of halogens is 2. The SMILES string of the molecule is COC(=O)c1cc(N)cnc1Oc1ccc(Cl)cc1Br. The minimum absolute atomic E-state index is 0.106. The lowest BCUT2D eigenvalue weighted by Gasteiger charge is -2.10. The molecular formula is C13H10BrClN2O3. The summed E-state index contributed by atoms with van der Waals surface area (Å²) in [5.41, 5.74) is 6.10. The molecule has 1 aromatic heterocycles. The number of nitrogens with zero attached hydrogens (tertiary/aromatic N) is 1. The van der Waals surface area contributed by atoms with Gasteiger partial charge in [0.05, 0.1) is 23.5 Å². The molecular weight excluding hydrogens is 348 g/mol. The largest absolute Gasteiger partial charge is 0.465 e. The molecule has 1 aromatic carbocycles. The molecule has 0 aliphatic heterocycles.